The predicted molar refractivity (Wildman–Crippen MR) is 153 cm³/mol. The van der Waals surface area contributed by atoms with Crippen LogP contribution in [0.2, 0.25) is 0 Å². The van der Waals surface area contributed by atoms with Crippen LogP contribution in [0.5, 0.6) is 0 Å². The number of fused-ring (bicyclic) bond motifs is 7. The van der Waals surface area contributed by atoms with E-state index >= 15 is 0 Å². The summed E-state index contributed by atoms with van der Waals surface area (Å²) in [7, 11) is 0. The summed E-state index contributed by atoms with van der Waals surface area (Å²) >= 11 is 0. The van der Waals surface area contributed by atoms with Crippen LogP contribution in [0.3, 0.4) is 0 Å². The molecule has 7 aromatic rings. The summed E-state index contributed by atoms with van der Waals surface area (Å²) < 4.78 is 29.9. The number of pyridine rings is 1. The molecule has 0 N–H and O–H groups in total. The minimum absolute atomic E-state index is 0.502. The maximum Gasteiger partial charge on any atom is 0.178 e. The van der Waals surface area contributed by atoms with E-state index in [-0.39, 0.29) is 0 Å². The van der Waals surface area contributed by atoms with Gasteiger partial charge in [0.25, 0.3) is 0 Å². The summed E-state index contributed by atoms with van der Waals surface area (Å²) in [4.78, 5) is 4.70. The van der Waals surface area contributed by atoms with Gasteiger partial charge in [0.1, 0.15) is 11.2 Å². The van der Waals surface area contributed by atoms with Gasteiger partial charge in [0.05, 0.1) is 5.69 Å². The summed E-state index contributed by atoms with van der Waals surface area (Å²) in [5.41, 5.74) is 7.04. The highest BCUT2D eigenvalue weighted by molar-refractivity contribution is 6.20. The summed E-state index contributed by atoms with van der Waals surface area (Å²) in [6.07, 6.45) is 0.378. The van der Waals surface area contributed by atoms with Crippen molar-refractivity contribution in [2.24, 2.45) is 5.41 Å². The minimum atomic E-state index is -1.43. The van der Waals surface area contributed by atoms with Crippen molar-refractivity contribution in [3.05, 3.63) is 103 Å². The lowest BCUT2D eigenvalue weighted by Gasteiger charge is -2.18. The minimum Gasteiger partial charge on any atom is -0.452 e. The Morgan fingerprint density at radius 2 is 1.38 bits per heavy atom. The molecule has 0 amide bonds. The van der Waals surface area contributed by atoms with Crippen molar-refractivity contribution < 1.29 is 11.6 Å². The first-order valence-corrected chi connectivity index (χ1v) is 12.6. The van der Waals surface area contributed by atoms with Crippen molar-refractivity contribution >= 4 is 43.9 Å². The van der Waals surface area contributed by atoms with Crippen LogP contribution < -0.4 is 0 Å². The zero-order valence-corrected chi connectivity index (χ0v) is 21.0. The van der Waals surface area contributed by atoms with Crippen LogP contribution in [0.1, 0.15) is 29.1 Å². The molecule has 0 aliphatic heterocycles. The van der Waals surface area contributed by atoms with Gasteiger partial charge in [0.15, 0.2) is 11.2 Å². The fourth-order valence-electron chi connectivity index (χ4n) is 5.18. The van der Waals surface area contributed by atoms with Crippen LogP contribution in [0, 0.1) is 5.41 Å². The third-order valence-corrected chi connectivity index (χ3v) is 6.78. The molecule has 4 aromatic carbocycles. The zero-order valence-electron chi connectivity index (χ0n) is 23.0. The van der Waals surface area contributed by atoms with Gasteiger partial charge in [0, 0.05) is 36.0 Å². The van der Waals surface area contributed by atoms with E-state index in [0.717, 1.165) is 66.3 Å². The maximum absolute atomic E-state index is 8.58. The van der Waals surface area contributed by atoms with E-state index in [1.807, 2.05) is 87.6 Å². The number of benzene rings is 4. The third-order valence-electron chi connectivity index (χ3n) is 6.78. The van der Waals surface area contributed by atoms with Crippen molar-refractivity contribution in [1.82, 2.24) is 4.98 Å². The first kappa shape index (κ1) is 19.8. The summed E-state index contributed by atoms with van der Waals surface area (Å²) in [6, 6.07) is 30.2. The molecule has 3 aromatic heterocycles. The number of hydrogen-bond acceptors (Lipinski definition) is 3. The summed E-state index contributed by atoms with van der Waals surface area (Å²) in [6.45, 7) is 5.77. The quantitative estimate of drug-likeness (QED) is 0.251. The maximum atomic E-state index is 8.58. The van der Waals surface area contributed by atoms with Gasteiger partial charge in [-0.1, -0.05) is 75.4 Å². The van der Waals surface area contributed by atoms with Gasteiger partial charge in [0.2, 0.25) is 0 Å². The van der Waals surface area contributed by atoms with E-state index in [9.17, 15) is 0 Å². The normalized spacial score (nSPS) is 13.5. The first-order valence-electron chi connectivity index (χ1n) is 13.6. The Labute approximate surface area is 218 Å². The smallest absolute Gasteiger partial charge is 0.178 e. The second-order valence-corrected chi connectivity index (χ2v) is 10.6. The van der Waals surface area contributed by atoms with E-state index in [2.05, 4.69) is 30.3 Å². The highest BCUT2D eigenvalue weighted by Gasteiger charge is 2.18. The van der Waals surface area contributed by atoms with Crippen LogP contribution in [-0.4, -0.2) is 4.98 Å². The first-order chi connectivity index (χ1) is 18.7. The lowest BCUT2D eigenvalue weighted by molar-refractivity contribution is 0.411. The largest absolute Gasteiger partial charge is 0.452 e. The van der Waals surface area contributed by atoms with E-state index in [1.165, 1.54) is 0 Å². The number of para-hydroxylation sites is 2. The number of nitrogens with zero attached hydrogens (tertiary/aromatic N) is 1. The SMILES string of the molecule is [2H]C([2H])(c1ccc(-c2ccnc(-c3cccc4c3oc3c4ccc4c5ccccc5oc43)c2)cc1)C(C)(C)C. The Kier molecular flexibility index (Phi) is 4.31. The molecule has 3 heteroatoms. The third kappa shape index (κ3) is 3.70. The lowest BCUT2D eigenvalue weighted by Crippen LogP contribution is -2.08. The average molecular weight is 484 g/mol. The average Bonchev–Trinajstić information content (AvgIpc) is 3.51. The summed E-state index contributed by atoms with van der Waals surface area (Å²) in [5.74, 6) is 0. The van der Waals surface area contributed by atoms with Gasteiger partial charge >= 0.3 is 0 Å². The van der Waals surface area contributed by atoms with Gasteiger partial charge in [-0.2, -0.15) is 0 Å². The molecule has 7 rings (SSSR count). The molecule has 0 bridgehead atoms. The molecular formula is C34H27NO2. The van der Waals surface area contributed by atoms with Crippen LogP contribution in [0.25, 0.3) is 66.3 Å². The fourth-order valence-corrected chi connectivity index (χ4v) is 5.18. The molecule has 0 saturated carbocycles. The van der Waals surface area contributed by atoms with Gasteiger partial charge in [-0.25, -0.2) is 0 Å². The molecule has 0 spiro atoms. The Bertz CT molecular complexity index is 2030. The Balaban J connectivity index is 1.34. The van der Waals surface area contributed by atoms with Crippen molar-refractivity contribution in [2.75, 3.05) is 0 Å². The highest BCUT2D eigenvalue weighted by Crippen LogP contribution is 2.41. The van der Waals surface area contributed by atoms with Gasteiger partial charge in [-0.15, -0.1) is 0 Å². The standard InChI is InChI=1S/C34H27NO2/c1-34(2,3)20-21-11-13-22(14-12-21)23-17-18-35-29(19-23)28-9-6-8-25-27-16-15-26-24-7-4-5-10-30(24)36-32(26)33(27)37-31(25)28/h4-19H,20H2,1-3H3/i20D2. The van der Waals surface area contributed by atoms with E-state index in [1.54, 1.807) is 0 Å². The molecule has 0 aliphatic rings. The van der Waals surface area contributed by atoms with Crippen molar-refractivity contribution in [1.29, 1.82) is 0 Å². The van der Waals surface area contributed by atoms with Crippen LogP contribution >= 0.6 is 0 Å². The molecule has 0 fully saturated rings. The number of aromatic nitrogens is 1. The van der Waals surface area contributed by atoms with E-state index < -0.39 is 11.8 Å². The van der Waals surface area contributed by atoms with Crippen molar-refractivity contribution in [3.63, 3.8) is 0 Å². The molecule has 0 unspecified atom stereocenters. The van der Waals surface area contributed by atoms with Gasteiger partial charge < -0.3 is 8.83 Å². The second kappa shape index (κ2) is 8.07. The van der Waals surface area contributed by atoms with Crippen LogP contribution in [-0.2, 0) is 6.37 Å². The number of hydrogen-bond donors (Lipinski definition) is 0. The second-order valence-electron chi connectivity index (χ2n) is 10.6. The highest BCUT2D eigenvalue weighted by atomic mass is 16.4. The molecule has 0 atom stereocenters. The molecular weight excluding hydrogens is 454 g/mol. The van der Waals surface area contributed by atoms with Crippen LogP contribution in [0.15, 0.2) is 106 Å². The van der Waals surface area contributed by atoms with Crippen molar-refractivity contribution in [2.45, 2.75) is 27.1 Å². The predicted octanol–water partition coefficient (Wildman–Crippen LogP) is 9.80. The molecule has 180 valence electrons. The number of furan rings is 2. The Morgan fingerprint density at radius 1 is 0.676 bits per heavy atom. The van der Waals surface area contributed by atoms with Crippen molar-refractivity contribution in [3.8, 4) is 22.4 Å². The molecule has 3 nitrogen and oxygen atoms in total. The van der Waals surface area contributed by atoms with Crippen LogP contribution in [0.4, 0.5) is 0 Å². The fraction of sp³-hybridized carbons (Fsp3) is 0.147. The molecule has 0 saturated heterocycles. The lowest BCUT2D eigenvalue weighted by atomic mass is 9.87. The van der Waals surface area contributed by atoms with Gasteiger partial charge in [-0.3, -0.25) is 4.98 Å². The van der Waals surface area contributed by atoms with E-state index in [0.29, 0.717) is 5.56 Å². The van der Waals surface area contributed by atoms with E-state index in [4.69, 9.17) is 16.6 Å². The molecule has 3 heterocycles. The number of rotatable bonds is 3. The molecule has 37 heavy (non-hydrogen) atoms. The molecule has 0 radical (unpaired) electrons. The summed E-state index contributed by atoms with van der Waals surface area (Å²) in [5, 5.41) is 4.15. The topological polar surface area (TPSA) is 39.2 Å². The van der Waals surface area contributed by atoms with Gasteiger partial charge in [-0.05, 0) is 64.9 Å². The zero-order chi connectivity index (χ0) is 26.9. The Hall–Kier alpha value is -4.37. The molecule has 0 aliphatic carbocycles. The monoisotopic (exact) mass is 483 g/mol. The Morgan fingerprint density at radius 3 is 2.19 bits per heavy atom.